The Kier molecular flexibility index (Phi) is 5.22. The summed E-state index contributed by atoms with van der Waals surface area (Å²) in [5.41, 5.74) is 0.757. The Bertz CT molecular complexity index is 623. The maximum atomic E-state index is 11.5. The van der Waals surface area contributed by atoms with Crippen molar-refractivity contribution in [2.45, 2.75) is 6.42 Å². The van der Waals surface area contributed by atoms with Gasteiger partial charge < -0.3 is 14.2 Å². The summed E-state index contributed by atoms with van der Waals surface area (Å²) in [5, 5.41) is 0. The van der Waals surface area contributed by atoms with Crippen LogP contribution < -0.4 is 9.47 Å². The minimum atomic E-state index is -0.312. The van der Waals surface area contributed by atoms with Gasteiger partial charge in [0.25, 0.3) is 0 Å². The number of carbonyl (C=O) groups excluding carboxylic acids is 1. The van der Waals surface area contributed by atoms with Crippen molar-refractivity contribution >= 4 is 21.9 Å². The summed E-state index contributed by atoms with van der Waals surface area (Å²) < 4.78 is 16.5. The van der Waals surface area contributed by atoms with Gasteiger partial charge in [0.1, 0.15) is 17.2 Å². The van der Waals surface area contributed by atoms with Gasteiger partial charge in [-0.15, -0.1) is 0 Å². The first-order valence-electron chi connectivity index (χ1n) is 6.29. The van der Waals surface area contributed by atoms with E-state index in [0.29, 0.717) is 11.5 Å². The van der Waals surface area contributed by atoms with E-state index in [1.54, 1.807) is 7.11 Å². The molecule has 0 bridgehead atoms. The van der Waals surface area contributed by atoms with Crippen molar-refractivity contribution in [1.82, 2.24) is 0 Å². The second-order valence-electron chi connectivity index (χ2n) is 4.28. The quantitative estimate of drug-likeness (QED) is 0.765. The van der Waals surface area contributed by atoms with Crippen LogP contribution >= 0.6 is 15.9 Å². The second kappa shape index (κ2) is 7.13. The fourth-order valence-electron chi connectivity index (χ4n) is 1.78. The Balaban J connectivity index is 2.23. The lowest BCUT2D eigenvalue weighted by atomic mass is 10.1. The highest BCUT2D eigenvalue weighted by atomic mass is 79.9. The molecule has 0 atom stereocenters. The van der Waals surface area contributed by atoms with E-state index in [1.807, 2.05) is 42.5 Å². The summed E-state index contributed by atoms with van der Waals surface area (Å²) in [7, 11) is 2.98. The predicted octanol–water partition coefficient (Wildman–Crippen LogP) is 3.97. The fraction of sp³-hybridized carbons (Fsp3) is 0.188. The molecule has 0 amide bonds. The summed E-state index contributed by atoms with van der Waals surface area (Å²) in [4.78, 5) is 11.5. The summed E-state index contributed by atoms with van der Waals surface area (Å²) in [5.74, 6) is 1.73. The molecule has 5 heteroatoms. The fourth-order valence-corrected chi connectivity index (χ4v) is 2.19. The SMILES string of the molecule is COC(=O)Cc1cc(Br)ccc1Oc1ccc(OC)cc1. The molecule has 4 nitrogen and oxygen atoms in total. The van der Waals surface area contributed by atoms with Crippen LogP contribution in [0.3, 0.4) is 0 Å². The third kappa shape index (κ3) is 4.23. The van der Waals surface area contributed by atoms with Gasteiger partial charge in [0.05, 0.1) is 20.6 Å². The van der Waals surface area contributed by atoms with Crippen molar-refractivity contribution in [2.24, 2.45) is 0 Å². The van der Waals surface area contributed by atoms with E-state index in [-0.39, 0.29) is 12.4 Å². The summed E-state index contributed by atoms with van der Waals surface area (Å²) in [6.45, 7) is 0. The van der Waals surface area contributed by atoms with Gasteiger partial charge >= 0.3 is 5.97 Å². The number of methoxy groups -OCH3 is 2. The topological polar surface area (TPSA) is 44.8 Å². The molecule has 2 rings (SSSR count). The van der Waals surface area contributed by atoms with E-state index in [4.69, 9.17) is 14.2 Å². The van der Waals surface area contributed by atoms with Crippen LogP contribution in [0.5, 0.6) is 17.2 Å². The predicted molar refractivity (Wildman–Crippen MR) is 82.9 cm³/mol. The Morgan fingerprint density at radius 3 is 2.33 bits per heavy atom. The molecule has 110 valence electrons. The minimum Gasteiger partial charge on any atom is -0.497 e. The molecular weight excluding hydrogens is 336 g/mol. The van der Waals surface area contributed by atoms with E-state index < -0.39 is 0 Å². The summed E-state index contributed by atoms with van der Waals surface area (Å²) in [6.07, 6.45) is 0.154. The van der Waals surface area contributed by atoms with Gasteiger partial charge in [0.2, 0.25) is 0 Å². The maximum Gasteiger partial charge on any atom is 0.310 e. The van der Waals surface area contributed by atoms with E-state index >= 15 is 0 Å². The molecule has 0 heterocycles. The smallest absolute Gasteiger partial charge is 0.310 e. The van der Waals surface area contributed by atoms with Gasteiger partial charge in [-0.1, -0.05) is 15.9 Å². The van der Waals surface area contributed by atoms with Crippen LogP contribution in [0, 0.1) is 0 Å². The third-order valence-corrected chi connectivity index (χ3v) is 3.37. The van der Waals surface area contributed by atoms with E-state index in [1.165, 1.54) is 7.11 Å². The van der Waals surface area contributed by atoms with Crippen LogP contribution in [0.2, 0.25) is 0 Å². The highest BCUT2D eigenvalue weighted by molar-refractivity contribution is 9.10. The van der Waals surface area contributed by atoms with E-state index in [0.717, 1.165) is 15.8 Å². The molecule has 0 aromatic heterocycles. The average Bonchev–Trinajstić information content (AvgIpc) is 2.50. The highest BCUT2D eigenvalue weighted by Crippen LogP contribution is 2.29. The number of carbonyl (C=O) groups is 1. The maximum absolute atomic E-state index is 11.5. The van der Waals surface area contributed by atoms with Crippen molar-refractivity contribution in [3.8, 4) is 17.2 Å². The molecule has 0 spiro atoms. The Labute approximate surface area is 131 Å². The van der Waals surface area contributed by atoms with Gasteiger partial charge in [-0.25, -0.2) is 0 Å². The van der Waals surface area contributed by atoms with Crippen molar-refractivity contribution in [2.75, 3.05) is 14.2 Å². The molecule has 0 radical (unpaired) electrons. The zero-order chi connectivity index (χ0) is 15.2. The molecule has 0 aliphatic rings. The molecular formula is C16H15BrO4. The molecule has 0 N–H and O–H groups in total. The lowest BCUT2D eigenvalue weighted by molar-refractivity contribution is -0.139. The molecule has 0 saturated carbocycles. The van der Waals surface area contributed by atoms with Crippen LogP contribution in [0.25, 0.3) is 0 Å². The Morgan fingerprint density at radius 1 is 1.05 bits per heavy atom. The number of halogens is 1. The lowest BCUT2D eigenvalue weighted by Crippen LogP contribution is -2.05. The molecule has 0 aliphatic carbocycles. The Hall–Kier alpha value is -2.01. The Morgan fingerprint density at radius 2 is 1.71 bits per heavy atom. The first-order chi connectivity index (χ1) is 10.1. The van der Waals surface area contributed by atoms with Gasteiger partial charge in [0, 0.05) is 10.0 Å². The number of benzene rings is 2. The van der Waals surface area contributed by atoms with Gasteiger partial charge in [-0.2, -0.15) is 0 Å². The number of rotatable bonds is 5. The van der Waals surface area contributed by atoms with Crippen molar-refractivity contribution in [1.29, 1.82) is 0 Å². The number of hydrogen-bond donors (Lipinski definition) is 0. The molecule has 0 fully saturated rings. The van der Waals surface area contributed by atoms with Crippen molar-refractivity contribution < 1.29 is 19.0 Å². The molecule has 0 saturated heterocycles. The van der Waals surface area contributed by atoms with Crippen LogP contribution in [0.15, 0.2) is 46.9 Å². The summed E-state index contributed by atoms with van der Waals surface area (Å²) in [6, 6.07) is 12.8. The van der Waals surface area contributed by atoms with E-state index in [2.05, 4.69) is 15.9 Å². The second-order valence-corrected chi connectivity index (χ2v) is 5.20. The number of ether oxygens (including phenoxy) is 3. The molecule has 21 heavy (non-hydrogen) atoms. The largest absolute Gasteiger partial charge is 0.497 e. The standard InChI is InChI=1S/C16H15BrO4/c1-19-13-4-6-14(7-5-13)21-15-8-3-12(17)9-11(15)10-16(18)20-2/h3-9H,10H2,1-2H3. The minimum absolute atomic E-state index is 0.154. The van der Waals surface area contributed by atoms with E-state index in [9.17, 15) is 4.79 Å². The van der Waals surface area contributed by atoms with Gasteiger partial charge in [-0.3, -0.25) is 4.79 Å². The lowest BCUT2D eigenvalue weighted by Gasteiger charge is -2.11. The molecule has 2 aromatic rings. The van der Waals surface area contributed by atoms with Crippen LogP contribution in [-0.2, 0) is 16.0 Å². The van der Waals surface area contributed by atoms with Crippen molar-refractivity contribution in [3.63, 3.8) is 0 Å². The summed E-state index contributed by atoms with van der Waals surface area (Å²) >= 11 is 3.39. The molecule has 0 aliphatic heterocycles. The number of esters is 1. The van der Waals surface area contributed by atoms with Gasteiger partial charge in [0.15, 0.2) is 0 Å². The first kappa shape index (κ1) is 15.4. The zero-order valence-corrected chi connectivity index (χ0v) is 13.3. The number of hydrogen-bond acceptors (Lipinski definition) is 4. The molecule has 0 unspecified atom stereocenters. The first-order valence-corrected chi connectivity index (χ1v) is 7.09. The average molecular weight is 351 g/mol. The molecule has 2 aromatic carbocycles. The van der Waals surface area contributed by atoms with Gasteiger partial charge in [-0.05, 0) is 42.5 Å². The monoisotopic (exact) mass is 350 g/mol. The highest BCUT2D eigenvalue weighted by Gasteiger charge is 2.11. The van der Waals surface area contributed by atoms with Crippen LogP contribution in [-0.4, -0.2) is 20.2 Å². The van der Waals surface area contributed by atoms with Crippen LogP contribution in [0.1, 0.15) is 5.56 Å². The third-order valence-electron chi connectivity index (χ3n) is 2.87. The zero-order valence-electron chi connectivity index (χ0n) is 11.8. The van der Waals surface area contributed by atoms with Crippen molar-refractivity contribution in [3.05, 3.63) is 52.5 Å². The van der Waals surface area contributed by atoms with Crippen LogP contribution in [0.4, 0.5) is 0 Å². The normalized spacial score (nSPS) is 10.0.